The maximum atomic E-state index is 13.4. The molecule has 31 heavy (non-hydrogen) atoms. The monoisotopic (exact) mass is 490 g/mol. The number of halogens is 4. The van der Waals surface area contributed by atoms with Gasteiger partial charge in [-0.3, -0.25) is 9.88 Å². The molecule has 0 fully saturated rings. The summed E-state index contributed by atoms with van der Waals surface area (Å²) < 4.78 is 46.9. The largest absolute Gasteiger partial charge is 0.489 e. The van der Waals surface area contributed by atoms with Gasteiger partial charge in [-0.15, -0.1) is 0 Å². The van der Waals surface area contributed by atoms with E-state index in [1.165, 1.54) is 4.90 Å². The van der Waals surface area contributed by atoms with E-state index in [0.29, 0.717) is 24.5 Å². The number of hydrogen-bond donors (Lipinski definition) is 0. The van der Waals surface area contributed by atoms with Crippen molar-refractivity contribution in [3.8, 4) is 5.75 Å². The third-order valence-corrected chi connectivity index (χ3v) is 5.93. The van der Waals surface area contributed by atoms with Gasteiger partial charge in [0.25, 0.3) is 0 Å². The predicted molar refractivity (Wildman–Crippen MR) is 117 cm³/mol. The number of pyridine rings is 1. The third kappa shape index (κ3) is 5.28. The Hall–Kier alpha value is -2.38. The molecule has 2 heterocycles. The van der Waals surface area contributed by atoms with Gasteiger partial charge in [-0.05, 0) is 70.2 Å². The van der Waals surface area contributed by atoms with Gasteiger partial charge >= 0.3 is 6.18 Å². The maximum Gasteiger partial charge on any atom is 0.401 e. The molecule has 2 aromatic carbocycles. The molecule has 0 bridgehead atoms. The van der Waals surface area contributed by atoms with Gasteiger partial charge in [0, 0.05) is 16.7 Å². The van der Waals surface area contributed by atoms with Crippen LogP contribution in [0.3, 0.4) is 0 Å². The lowest BCUT2D eigenvalue weighted by molar-refractivity contribution is -0.155. The van der Waals surface area contributed by atoms with E-state index in [9.17, 15) is 13.2 Å². The third-order valence-electron chi connectivity index (χ3n) is 5.46. The second kappa shape index (κ2) is 9.01. The summed E-state index contributed by atoms with van der Waals surface area (Å²) in [6.45, 7) is 1.29. The summed E-state index contributed by atoms with van der Waals surface area (Å²) in [5, 5.41) is 0. The molecule has 7 heteroatoms. The number of benzene rings is 2. The van der Waals surface area contributed by atoms with E-state index in [0.717, 1.165) is 21.2 Å². The fraction of sp³-hybridized carbons (Fsp3) is 0.292. The highest BCUT2D eigenvalue weighted by Gasteiger charge is 2.41. The van der Waals surface area contributed by atoms with Crippen LogP contribution in [0.1, 0.15) is 35.3 Å². The van der Waals surface area contributed by atoms with Crippen molar-refractivity contribution in [2.75, 3.05) is 6.54 Å². The van der Waals surface area contributed by atoms with Gasteiger partial charge < -0.3 is 4.74 Å². The number of rotatable bonds is 5. The van der Waals surface area contributed by atoms with Crippen molar-refractivity contribution in [2.24, 2.45) is 0 Å². The average Bonchev–Trinajstić information content (AvgIpc) is 2.73. The molecule has 0 N–H and O–H groups in total. The molecule has 4 rings (SSSR count). The molecular weight excluding hydrogens is 469 g/mol. The summed E-state index contributed by atoms with van der Waals surface area (Å²) in [7, 11) is 0. The highest BCUT2D eigenvalue weighted by atomic mass is 79.9. The average molecular weight is 491 g/mol. The number of fused-ring (bicyclic) bond motifs is 1. The molecule has 162 valence electrons. The van der Waals surface area contributed by atoms with Crippen molar-refractivity contribution in [3.05, 3.63) is 93.7 Å². The van der Waals surface area contributed by atoms with Crippen molar-refractivity contribution in [2.45, 2.75) is 38.2 Å². The molecule has 0 saturated carbocycles. The number of ether oxygens (including phenoxy) is 1. The van der Waals surface area contributed by atoms with E-state index >= 15 is 0 Å². The first-order chi connectivity index (χ1) is 14.8. The van der Waals surface area contributed by atoms with Crippen LogP contribution in [0.5, 0.6) is 5.75 Å². The molecule has 1 aliphatic heterocycles. The van der Waals surface area contributed by atoms with Crippen molar-refractivity contribution >= 4 is 15.9 Å². The Morgan fingerprint density at radius 2 is 1.87 bits per heavy atom. The molecule has 0 saturated heterocycles. The standard InChI is InChI=1S/C24H22BrF3N2O/c1-16-11-18-12-20(31-14-17-5-3-2-4-6-17)8-9-21(18)23(30(16)15-24(26,27)28)22-10-7-19(25)13-29-22/h2-10,12-13,16,23H,11,14-15H2,1H3/t16-,23+/m1/s1. The fourth-order valence-corrected chi connectivity index (χ4v) is 4.29. The van der Waals surface area contributed by atoms with Crippen molar-refractivity contribution in [1.82, 2.24) is 9.88 Å². The number of alkyl halides is 3. The van der Waals surface area contributed by atoms with E-state index in [4.69, 9.17) is 4.74 Å². The van der Waals surface area contributed by atoms with Crippen molar-refractivity contribution in [3.63, 3.8) is 0 Å². The zero-order valence-electron chi connectivity index (χ0n) is 16.9. The fourth-order valence-electron chi connectivity index (χ4n) is 4.06. The zero-order chi connectivity index (χ0) is 22.0. The summed E-state index contributed by atoms with van der Waals surface area (Å²) in [6.07, 6.45) is -2.16. The highest BCUT2D eigenvalue weighted by Crippen LogP contribution is 2.40. The van der Waals surface area contributed by atoms with Gasteiger partial charge in [0.1, 0.15) is 12.4 Å². The topological polar surface area (TPSA) is 25.4 Å². The Balaban J connectivity index is 1.66. The zero-order valence-corrected chi connectivity index (χ0v) is 18.5. The second-order valence-electron chi connectivity index (χ2n) is 7.78. The number of aromatic nitrogens is 1. The lowest BCUT2D eigenvalue weighted by atomic mass is 9.86. The minimum Gasteiger partial charge on any atom is -0.489 e. The van der Waals surface area contributed by atoms with Crippen LogP contribution in [0.2, 0.25) is 0 Å². The summed E-state index contributed by atoms with van der Waals surface area (Å²) in [5.41, 5.74) is 3.48. The van der Waals surface area contributed by atoms with Crippen LogP contribution >= 0.6 is 15.9 Å². The quantitative estimate of drug-likeness (QED) is 0.418. The molecule has 0 amide bonds. The van der Waals surface area contributed by atoms with Crippen LogP contribution in [0.15, 0.2) is 71.3 Å². The molecule has 0 radical (unpaired) electrons. The minimum absolute atomic E-state index is 0.297. The van der Waals surface area contributed by atoms with Gasteiger partial charge in [-0.1, -0.05) is 36.4 Å². The van der Waals surface area contributed by atoms with E-state index < -0.39 is 18.8 Å². The van der Waals surface area contributed by atoms with Crippen LogP contribution in [0.25, 0.3) is 0 Å². The van der Waals surface area contributed by atoms with E-state index in [1.807, 2.05) is 61.5 Å². The molecule has 3 nitrogen and oxygen atoms in total. The normalized spacial score (nSPS) is 19.1. The molecular formula is C24H22BrF3N2O. The maximum absolute atomic E-state index is 13.4. The van der Waals surface area contributed by atoms with Crippen LogP contribution in [0.4, 0.5) is 13.2 Å². The molecule has 2 atom stereocenters. The van der Waals surface area contributed by atoms with Crippen molar-refractivity contribution in [1.29, 1.82) is 0 Å². The van der Waals surface area contributed by atoms with Crippen LogP contribution in [-0.4, -0.2) is 28.6 Å². The molecule has 0 spiro atoms. The SMILES string of the molecule is C[C@@H]1Cc2cc(OCc3ccccc3)ccc2[C@@H](c2ccc(Br)cn2)N1CC(F)(F)F. The first-order valence-corrected chi connectivity index (χ1v) is 10.8. The van der Waals surface area contributed by atoms with Crippen molar-refractivity contribution < 1.29 is 17.9 Å². The van der Waals surface area contributed by atoms with Gasteiger partial charge in [0.15, 0.2) is 0 Å². The van der Waals surface area contributed by atoms with Crippen LogP contribution in [0, 0.1) is 0 Å². The minimum atomic E-state index is -4.29. The van der Waals surface area contributed by atoms with E-state index in [1.54, 1.807) is 12.3 Å². The Labute approximate surface area is 188 Å². The molecule has 0 aliphatic carbocycles. The van der Waals surface area contributed by atoms with Crippen LogP contribution in [-0.2, 0) is 13.0 Å². The Bertz CT molecular complexity index is 1030. The molecule has 3 aromatic rings. The first-order valence-electron chi connectivity index (χ1n) is 10.0. The molecule has 1 aromatic heterocycles. The highest BCUT2D eigenvalue weighted by molar-refractivity contribution is 9.10. The Morgan fingerprint density at radius 3 is 2.55 bits per heavy atom. The van der Waals surface area contributed by atoms with Gasteiger partial charge in [-0.25, -0.2) is 0 Å². The predicted octanol–water partition coefficient (Wildman–Crippen LogP) is 6.32. The lowest BCUT2D eigenvalue weighted by Gasteiger charge is -2.42. The van der Waals surface area contributed by atoms with Crippen LogP contribution < -0.4 is 4.74 Å². The summed E-state index contributed by atoms with van der Waals surface area (Å²) in [4.78, 5) is 5.92. The van der Waals surface area contributed by atoms with Gasteiger partial charge in [0.2, 0.25) is 0 Å². The first kappa shape index (κ1) is 21.8. The second-order valence-corrected chi connectivity index (χ2v) is 8.70. The molecule has 0 unspecified atom stereocenters. The van der Waals surface area contributed by atoms with Gasteiger partial charge in [-0.2, -0.15) is 13.2 Å². The smallest absolute Gasteiger partial charge is 0.401 e. The van der Waals surface area contributed by atoms with E-state index in [-0.39, 0.29) is 6.04 Å². The summed E-state index contributed by atoms with van der Waals surface area (Å²) in [5.74, 6) is 0.710. The van der Waals surface area contributed by atoms with E-state index in [2.05, 4.69) is 20.9 Å². The Morgan fingerprint density at radius 1 is 1.10 bits per heavy atom. The Kier molecular flexibility index (Phi) is 6.34. The number of nitrogens with zero attached hydrogens (tertiary/aromatic N) is 2. The number of hydrogen-bond acceptors (Lipinski definition) is 3. The summed E-state index contributed by atoms with van der Waals surface area (Å²) >= 11 is 3.35. The molecule has 1 aliphatic rings. The summed E-state index contributed by atoms with van der Waals surface area (Å²) in [6, 6.07) is 18.2. The van der Waals surface area contributed by atoms with Gasteiger partial charge in [0.05, 0.1) is 18.3 Å². The lowest BCUT2D eigenvalue weighted by Crippen LogP contribution is -2.47.